The number of nitrogens with zero attached hydrogens (tertiary/aromatic N) is 5. The van der Waals surface area contributed by atoms with Crippen LogP contribution in [0.15, 0.2) is 46.3 Å². The zero-order valence-corrected chi connectivity index (χ0v) is 17.8. The molecule has 0 spiro atoms. The van der Waals surface area contributed by atoms with E-state index >= 15 is 0 Å². The average Bonchev–Trinajstić information content (AvgIpc) is 3.09. The van der Waals surface area contributed by atoms with Crippen molar-refractivity contribution >= 4 is 34.7 Å². The first-order valence-corrected chi connectivity index (χ1v) is 10.7. The van der Waals surface area contributed by atoms with Crippen molar-refractivity contribution in [2.45, 2.75) is 26.7 Å². The number of hydrogen-bond donors (Lipinski definition) is 0. The summed E-state index contributed by atoms with van der Waals surface area (Å²) in [7, 11) is 0. The molecule has 6 nitrogen and oxygen atoms in total. The molecule has 7 heteroatoms. The van der Waals surface area contributed by atoms with Crippen molar-refractivity contribution in [3.8, 4) is 0 Å². The number of piperazine rings is 1. The smallest absolute Gasteiger partial charge is 0.286 e. The summed E-state index contributed by atoms with van der Waals surface area (Å²) in [5.41, 5.74) is 3.25. The summed E-state index contributed by atoms with van der Waals surface area (Å²) >= 11 is 1.47. The zero-order chi connectivity index (χ0) is 20.4. The van der Waals surface area contributed by atoms with Crippen molar-refractivity contribution < 1.29 is 4.79 Å². The third kappa shape index (κ3) is 4.50. The van der Waals surface area contributed by atoms with Crippen LogP contribution in [0, 0.1) is 6.92 Å². The predicted octanol–water partition coefficient (Wildman–Crippen LogP) is 3.70. The van der Waals surface area contributed by atoms with Crippen LogP contribution in [-0.2, 0) is 4.79 Å². The van der Waals surface area contributed by atoms with Crippen LogP contribution in [0.4, 0.5) is 5.82 Å². The van der Waals surface area contributed by atoms with E-state index in [4.69, 9.17) is 0 Å². The number of amidine groups is 1. The van der Waals surface area contributed by atoms with Gasteiger partial charge in [-0.25, -0.2) is 0 Å². The molecule has 1 saturated heterocycles. The fourth-order valence-corrected chi connectivity index (χ4v) is 4.31. The molecular formula is C22H25N5OS. The predicted molar refractivity (Wildman–Crippen MR) is 119 cm³/mol. The Hall–Kier alpha value is -2.67. The largest absolute Gasteiger partial charge is 0.352 e. The fraction of sp³-hybridized carbons (Fsp3) is 0.364. The molecular weight excluding hydrogens is 382 g/mol. The van der Waals surface area contributed by atoms with E-state index in [0.29, 0.717) is 10.8 Å². The number of aromatic nitrogens is 2. The molecule has 0 saturated carbocycles. The molecule has 4 rings (SSSR count). The topological polar surface area (TPSA) is 61.7 Å². The first-order chi connectivity index (χ1) is 14.0. The van der Waals surface area contributed by atoms with Gasteiger partial charge in [0.2, 0.25) is 0 Å². The van der Waals surface area contributed by atoms with Crippen LogP contribution in [0.2, 0.25) is 0 Å². The average molecular weight is 408 g/mol. The Balaban J connectivity index is 1.38. The van der Waals surface area contributed by atoms with Gasteiger partial charge in [0.05, 0.1) is 10.6 Å². The van der Waals surface area contributed by atoms with Gasteiger partial charge in [-0.1, -0.05) is 38.1 Å². The van der Waals surface area contributed by atoms with Crippen LogP contribution < -0.4 is 4.90 Å². The maximum atomic E-state index is 12.4. The van der Waals surface area contributed by atoms with E-state index in [0.717, 1.165) is 48.4 Å². The second kappa shape index (κ2) is 8.37. The van der Waals surface area contributed by atoms with E-state index in [9.17, 15) is 4.79 Å². The van der Waals surface area contributed by atoms with Crippen molar-refractivity contribution in [1.29, 1.82) is 0 Å². The Morgan fingerprint density at radius 3 is 2.28 bits per heavy atom. The second-order valence-electron chi connectivity index (χ2n) is 7.64. The number of aliphatic imine (C=N–C) groups is 1. The number of aryl methyl sites for hydroxylation is 1. The Kier molecular flexibility index (Phi) is 5.67. The highest BCUT2D eigenvalue weighted by atomic mass is 32.2. The number of carbonyl (C=O) groups excluding carboxylic acids is 1. The zero-order valence-electron chi connectivity index (χ0n) is 17.0. The maximum Gasteiger partial charge on any atom is 0.286 e. The molecule has 0 unspecified atom stereocenters. The Labute approximate surface area is 175 Å². The van der Waals surface area contributed by atoms with E-state index in [-0.39, 0.29) is 5.91 Å². The van der Waals surface area contributed by atoms with E-state index in [2.05, 4.69) is 63.1 Å². The molecule has 150 valence electrons. The quantitative estimate of drug-likeness (QED) is 0.723. The van der Waals surface area contributed by atoms with Gasteiger partial charge in [-0.2, -0.15) is 10.1 Å². The van der Waals surface area contributed by atoms with E-state index < -0.39 is 0 Å². The summed E-state index contributed by atoms with van der Waals surface area (Å²) in [5, 5.41) is 9.21. The van der Waals surface area contributed by atoms with Crippen LogP contribution in [0.5, 0.6) is 0 Å². The summed E-state index contributed by atoms with van der Waals surface area (Å²) in [6.07, 6.45) is 1.94. The van der Waals surface area contributed by atoms with E-state index in [1.165, 1.54) is 17.3 Å². The summed E-state index contributed by atoms with van der Waals surface area (Å²) in [5.74, 6) is 1.25. The molecule has 0 bridgehead atoms. The minimum absolute atomic E-state index is 0.148. The lowest BCUT2D eigenvalue weighted by Crippen LogP contribution is -2.48. The van der Waals surface area contributed by atoms with Crippen LogP contribution >= 0.6 is 11.8 Å². The Morgan fingerprint density at radius 1 is 0.966 bits per heavy atom. The number of hydrogen-bond acceptors (Lipinski definition) is 6. The van der Waals surface area contributed by atoms with Crippen LogP contribution in [0.3, 0.4) is 0 Å². The highest BCUT2D eigenvalue weighted by molar-refractivity contribution is 8.18. The Morgan fingerprint density at radius 2 is 1.66 bits per heavy atom. The van der Waals surface area contributed by atoms with Crippen molar-refractivity contribution in [3.05, 3.63) is 58.1 Å². The standard InChI is InChI=1S/C22H25N5OS/c1-15(2)18-7-5-17(6-8-18)14-19-21(28)23-22(29-19)27-12-10-26(11-13-27)20-9-4-16(3)24-25-20/h4-9,14-15H,10-13H2,1-3H3/b19-14-. The molecule has 1 fully saturated rings. The van der Waals surface area contributed by atoms with Gasteiger partial charge in [-0.15, -0.1) is 5.10 Å². The third-order valence-corrected chi connectivity index (χ3v) is 6.21. The van der Waals surface area contributed by atoms with E-state index in [1.54, 1.807) is 0 Å². The second-order valence-corrected chi connectivity index (χ2v) is 8.65. The number of anilines is 1. The van der Waals surface area contributed by atoms with Crippen molar-refractivity contribution in [3.63, 3.8) is 0 Å². The number of benzene rings is 1. The number of amides is 1. The van der Waals surface area contributed by atoms with Gasteiger partial charge in [0.15, 0.2) is 11.0 Å². The monoisotopic (exact) mass is 407 g/mol. The summed E-state index contributed by atoms with van der Waals surface area (Å²) in [6, 6.07) is 12.4. The highest BCUT2D eigenvalue weighted by Crippen LogP contribution is 2.31. The Bertz CT molecular complexity index is 942. The highest BCUT2D eigenvalue weighted by Gasteiger charge is 2.28. The lowest BCUT2D eigenvalue weighted by Gasteiger charge is -2.35. The summed E-state index contributed by atoms with van der Waals surface area (Å²) in [6.45, 7) is 9.58. The molecule has 1 aromatic carbocycles. The van der Waals surface area contributed by atoms with Gasteiger partial charge in [0.25, 0.3) is 5.91 Å². The van der Waals surface area contributed by atoms with Crippen LogP contribution in [-0.4, -0.2) is 52.4 Å². The van der Waals surface area contributed by atoms with Crippen LogP contribution in [0.1, 0.15) is 36.6 Å². The van der Waals surface area contributed by atoms with Crippen LogP contribution in [0.25, 0.3) is 6.08 Å². The van der Waals surface area contributed by atoms with Gasteiger partial charge >= 0.3 is 0 Å². The van der Waals surface area contributed by atoms with Gasteiger partial charge in [-0.3, -0.25) is 4.79 Å². The van der Waals surface area contributed by atoms with Crippen molar-refractivity contribution in [2.75, 3.05) is 31.1 Å². The SMILES string of the molecule is Cc1ccc(N2CCN(C3=NC(=O)/C(=C/c4ccc(C(C)C)cc4)S3)CC2)nn1. The van der Waals surface area contributed by atoms with Gasteiger partial charge in [0.1, 0.15) is 0 Å². The summed E-state index contributed by atoms with van der Waals surface area (Å²) in [4.78, 5) is 21.8. The molecule has 2 aliphatic heterocycles. The number of thioether (sulfide) groups is 1. The molecule has 1 amide bonds. The molecule has 2 aromatic rings. The molecule has 1 aromatic heterocycles. The molecule has 0 aliphatic carbocycles. The molecule has 29 heavy (non-hydrogen) atoms. The first kappa shape index (κ1) is 19.6. The summed E-state index contributed by atoms with van der Waals surface area (Å²) < 4.78 is 0. The maximum absolute atomic E-state index is 12.4. The third-order valence-electron chi connectivity index (χ3n) is 5.17. The molecule has 3 heterocycles. The first-order valence-electron chi connectivity index (χ1n) is 9.92. The van der Waals surface area contributed by atoms with E-state index in [1.807, 2.05) is 25.1 Å². The van der Waals surface area contributed by atoms with Crippen molar-refractivity contribution in [1.82, 2.24) is 15.1 Å². The fourth-order valence-electron chi connectivity index (χ4n) is 3.35. The van der Waals surface area contributed by atoms with Gasteiger partial charge in [-0.05, 0) is 53.9 Å². The number of rotatable bonds is 3. The van der Waals surface area contributed by atoms with Gasteiger partial charge in [0, 0.05) is 26.2 Å². The molecule has 2 aliphatic rings. The minimum atomic E-state index is -0.148. The lowest BCUT2D eigenvalue weighted by molar-refractivity contribution is -0.113. The normalized spacial score (nSPS) is 18.7. The molecule has 0 N–H and O–H groups in total. The molecule has 0 radical (unpaired) electrons. The van der Waals surface area contributed by atoms with Crippen molar-refractivity contribution in [2.24, 2.45) is 4.99 Å². The molecule has 0 atom stereocenters. The minimum Gasteiger partial charge on any atom is -0.352 e. The lowest BCUT2D eigenvalue weighted by atomic mass is 10.0. The number of carbonyl (C=O) groups is 1. The van der Waals surface area contributed by atoms with Gasteiger partial charge < -0.3 is 9.80 Å².